The summed E-state index contributed by atoms with van der Waals surface area (Å²) in [6.45, 7) is 2.15. The first-order valence-corrected chi connectivity index (χ1v) is 2.69. The average molecular weight is 277 g/mol. The number of hydrogen-bond donors (Lipinski definition) is 0. The van der Waals surface area contributed by atoms with Gasteiger partial charge in [0, 0.05) is 21.1 Å². The van der Waals surface area contributed by atoms with Crippen LogP contribution in [0, 0.1) is 6.08 Å². The van der Waals surface area contributed by atoms with Gasteiger partial charge >= 0.3 is 0 Å². The van der Waals surface area contributed by atoms with E-state index in [0.717, 1.165) is 12.8 Å². The average Bonchev–Trinajstić information content (AvgIpc) is 2.14. The Morgan fingerprint density at radius 2 is 2.50 bits per heavy atom. The van der Waals surface area contributed by atoms with Gasteiger partial charge in [-0.2, -0.15) is 6.08 Å². The first-order chi connectivity index (χ1) is 3.43. The van der Waals surface area contributed by atoms with Gasteiger partial charge in [0.25, 0.3) is 0 Å². The summed E-state index contributed by atoms with van der Waals surface area (Å²) in [5.74, 6) is 0. The summed E-state index contributed by atoms with van der Waals surface area (Å²) in [7, 11) is 0. The molecule has 0 nitrogen and oxygen atoms in total. The van der Waals surface area contributed by atoms with Gasteiger partial charge in [0.2, 0.25) is 0 Å². The van der Waals surface area contributed by atoms with E-state index in [-0.39, 0.29) is 21.1 Å². The van der Waals surface area contributed by atoms with Crippen LogP contribution in [-0.4, -0.2) is 0 Å². The minimum atomic E-state index is 0. The molecule has 0 fully saturated rings. The van der Waals surface area contributed by atoms with Crippen molar-refractivity contribution >= 4 is 0 Å². The molecule has 0 heterocycles. The van der Waals surface area contributed by atoms with Gasteiger partial charge in [0.05, 0.1) is 0 Å². The van der Waals surface area contributed by atoms with E-state index in [0.29, 0.717) is 0 Å². The monoisotopic (exact) mass is 277 g/mol. The van der Waals surface area contributed by atoms with Crippen molar-refractivity contribution < 1.29 is 21.1 Å². The van der Waals surface area contributed by atoms with E-state index in [1.807, 2.05) is 0 Å². The maximum absolute atomic E-state index is 3.21. The third-order valence-corrected chi connectivity index (χ3v) is 1.15. The fourth-order valence-electron chi connectivity index (χ4n) is 0.693. The van der Waals surface area contributed by atoms with Crippen molar-refractivity contribution in [3.8, 4) is 0 Å². The van der Waals surface area contributed by atoms with Crippen molar-refractivity contribution in [1.82, 2.24) is 0 Å². The zero-order valence-electron chi connectivity index (χ0n) is 4.98. The van der Waals surface area contributed by atoms with Crippen LogP contribution < -0.4 is 0 Å². The Morgan fingerprint density at radius 1 is 1.75 bits per heavy atom. The first-order valence-electron chi connectivity index (χ1n) is 2.69. The predicted molar refractivity (Wildman–Crippen MR) is 30.8 cm³/mol. The maximum atomic E-state index is 3.21. The quantitative estimate of drug-likeness (QED) is 0.644. The molecule has 0 radical (unpaired) electrons. The Morgan fingerprint density at radius 3 is 2.75 bits per heavy atom. The van der Waals surface area contributed by atoms with Gasteiger partial charge in [-0.1, -0.05) is 13.3 Å². The Hall–Kier alpha value is 0.168. The topological polar surface area (TPSA) is 0 Å². The molecule has 1 aliphatic carbocycles. The van der Waals surface area contributed by atoms with Crippen molar-refractivity contribution in [2.75, 3.05) is 0 Å². The zero-order valence-corrected chi connectivity index (χ0v) is 7.91. The van der Waals surface area contributed by atoms with Crippen molar-refractivity contribution in [2.24, 2.45) is 0 Å². The molecule has 0 aromatic carbocycles. The van der Waals surface area contributed by atoms with E-state index in [9.17, 15) is 0 Å². The number of hydrogen-bond acceptors (Lipinski definition) is 0. The molecule has 0 saturated heterocycles. The van der Waals surface area contributed by atoms with E-state index in [4.69, 9.17) is 0 Å². The summed E-state index contributed by atoms with van der Waals surface area (Å²) in [5.41, 5.74) is 1.36. The Bertz CT molecular complexity index is 112. The molecule has 0 atom stereocenters. The third kappa shape index (κ3) is 1.96. The molecule has 0 unspecified atom stereocenters. The second-order valence-corrected chi connectivity index (χ2v) is 1.66. The summed E-state index contributed by atoms with van der Waals surface area (Å²) in [6, 6.07) is 0. The molecule has 44 valence electrons. The van der Waals surface area contributed by atoms with Crippen molar-refractivity contribution in [1.29, 1.82) is 0 Å². The van der Waals surface area contributed by atoms with Crippen LogP contribution in [0.5, 0.6) is 0 Å². The Labute approximate surface area is 64.9 Å². The third-order valence-electron chi connectivity index (χ3n) is 1.15. The number of rotatable bonds is 1. The van der Waals surface area contributed by atoms with Crippen LogP contribution in [0.4, 0.5) is 0 Å². The predicted octanol–water partition coefficient (Wildman–Crippen LogP) is 2.08. The smallest absolute Gasteiger partial charge is 0 e. The van der Waals surface area contributed by atoms with Crippen LogP contribution in [0.2, 0.25) is 0 Å². The summed E-state index contributed by atoms with van der Waals surface area (Å²) < 4.78 is 0. The summed E-state index contributed by atoms with van der Waals surface area (Å²) in [5, 5.41) is 0. The minimum Gasteiger partial charge on any atom is -0.270 e. The SMILES string of the molecule is CCC1=[C-]CC=C1.[W]. The molecular formula is C7H9W-. The first kappa shape index (κ1) is 8.17. The summed E-state index contributed by atoms with van der Waals surface area (Å²) in [6.07, 6.45) is 9.65. The zero-order chi connectivity index (χ0) is 5.11. The van der Waals surface area contributed by atoms with Crippen LogP contribution in [-0.2, 0) is 21.1 Å². The molecule has 0 N–H and O–H groups in total. The number of allylic oxidation sites excluding steroid dienone is 4. The standard InChI is InChI=1S/C7H9.W/c1-2-7-5-3-4-6-7;/h3,5H,2,4H2,1H3;/q-1;. The van der Waals surface area contributed by atoms with E-state index >= 15 is 0 Å². The van der Waals surface area contributed by atoms with Gasteiger partial charge in [-0.15, -0.1) is 6.42 Å². The van der Waals surface area contributed by atoms with E-state index < -0.39 is 0 Å². The fourth-order valence-corrected chi connectivity index (χ4v) is 0.693. The van der Waals surface area contributed by atoms with E-state index in [1.165, 1.54) is 5.57 Å². The van der Waals surface area contributed by atoms with Crippen LogP contribution in [0.25, 0.3) is 0 Å². The fraction of sp³-hybridized carbons (Fsp3) is 0.429. The van der Waals surface area contributed by atoms with Gasteiger partial charge in [-0.05, 0) is 0 Å². The van der Waals surface area contributed by atoms with E-state index in [1.54, 1.807) is 0 Å². The minimum absolute atomic E-state index is 0. The second-order valence-electron chi connectivity index (χ2n) is 1.66. The van der Waals surface area contributed by atoms with Gasteiger partial charge in [0.1, 0.15) is 0 Å². The Kier molecular flexibility index (Phi) is 4.17. The molecule has 0 amide bonds. The molecule has 0 aromatic heterocycles. The molecule has 0 spiro atoms. The molecule has 0 aliphatic heterocycles. The Balaban J connectivity index is 0.000000490. The van der Waals surface area contributed by atoms with Gasteiger partial charge in [-0.25, -0.2) is 11.6 Å². The largest absolute Gasteiger partial charge is 0.270 e. The van der Waals surface area contributed by atoms with Crippen LogP contribution in [0.15, 0.2) is 17.7 Å². The maximum Gasteiger partial charge on any atom is 0 e. The molecule has 1 heteroatoms. The van der Waals surface area contributed by atoms with Crippen LogP contribution >= 0.6 is 0 Å². The molecule has 1 aliphatic rings. The summed E-state index contributed by atoms with van der Waals surface area (Å²) >= 11 is 0. The van der Waals surface area contributed by atoms with Gasteiger partial charge in [-0.3, -0.25) is 6.08 Å². The van der Waals surface area contributed by atoms with E-state index in [2.05, 4.69) is 25.2 Å². The molecule has 8 heavy (non-hydrogen) atoms. The van der Waals surface area contributed by atoms with Crippen molar-refractivity contribution in [3.63, 3.8) is 0 Å². The summed E-state index contributed by atoms with van der Waals surface area (Å²) in [4.78, 5) is 0. The van der Waals surface area contributed by atoms with Gasteiger partial charge in [0.15, 0.2) is 0 Å². The normalized spacial score (nSPS) is 15.4. The molecule has 0 saturated carbocycles. The van der Waals surface area contributed by atoms with Crippen molar-refractivity contribution in [3.05, 3.63) is 23.8 Å². The second kappa shape index (κ2) is 4.09. The molecule has 1 rings (SSSR count). The molecule has 0 bridgehead atoms. The molecular weight excluding hydrogens is 268 g/mol. The van der Waals surface area contributed by atoms with Crippen molar-refractivity contribution in [2.45, 2.75) is 19.8 Å². The van der Waals surface area contributed by atoms with Gasteiger partial charge < -0.3 is 0 Å². The van der Waals surface area contributed by atoms with Crippen LogP contribution in [0.3, 0.4) is 0 Å². The van der Waals surface area contributed by atoms with Crippen LogP contribution in [0.1, 0.15) is 19.8 Å². The molecule has 0 aromatic rings.